The summed E-state index contributed by atoms with van der Waals surface area (Å²) in [4.78, 5) is 0.992. The summed E-state index contributed by atoms with van der Waals surface area (Å²) >= 11 is 1.66. The predicted octanol–water partition coefficient (Wildman–Crippen LogP) is 5.14. The Kier molecular flexibility index (Phi) is 2.99. The standard InChI is InChI=1S/C19H14OS/c20-19(18-12-15-7-3-4-8-17(15)21-18)16-10-9-13-5-1-2-6-14(13)11-16/h1-12,19-20H. The Labute approximate surface area is 127 Å². The highest BCUT2D eigenvalue weighted by Crippen LogP contribution is 2.33. The maximum atomic E-state index is 10.7. The Morgan fingerprint density at radius 2 is 1.43 bits per heavy atom. The molecule has 4 aromatic rings. The van der Waals surface area contributed by atoms with E-state index in [1.807, 2.05) is 30.3 Å². The normalized spacial score (nSPS) is 12.8. The van der Waals surface area contributed by atoms with Crippen LogP contribution in [0.15, 0.2) is 72.8 Å². The lowest BCUT2D eigenvalue weighted by Crippen LogP contribution is -1.96. The van der Waals surface area contributed by atoms with Crippen LogP contribution in [0.1, 0.15) is 16.5 Å². The fourth-order valence-corrected chi connectivity index (χ4v) is 3.76. The van der Waals surface area contributed by atoms with Gasteiger partial charge in [-0.1, -0.05) is 54.6 Å². The van der Waals surface area contributed by atoms with Crippen molar-refractivity contribution in [1.29, 1.82) is 0 Å². The number of hydrogen-bond acceptors (Lipinski definition) is 2. The van der Waals surface area contributed by atoms with Gasteiger partial charge < -0.3 is 5.11 Å². The van der Waals surface area contributed by atoms with Gasteiger partial charge in [0, 0.05) is 9.58 Å². The third kappa shape index (κ3) is 2.23. The lowest BCUT2D eigenvalue weighted by molar-refractivity contribution is 0.224. The molecule has 1 nitrogen and oxygen atoms in total. The SMILES string of the molecule is OC(c1ccc2ccccc2c1)c1cc2ccccc2s1. The first-order chi connectivity index (χ1) is 10.3. The van der Waals surface area contributed by atoms with Gasteiger partial charge in [-0.25, -0.2) is 0 Å². The van der Waals surface area contributed by atoms with Gasteiger partial charge in [0.05, 0.1) is 0 Å². The van der Waals surface area contributed by atoms with Gasteiger partial charge in [0.25, 0.3) is 0 Å². The molecule has 2 heteroatoms. The molecule has 21 heavy (non-hydrogen) atoms. The zero-order chi connectivity index (χ0) is 14.2. The number of rotatable bonds is 2. The van der Waals surface area contributed by atoms with E-state index in [0.717, 1.165) is 15.8 Å². The molecule has 3 aromatic carbocycles. The molecular weight excluding hydrogens is 276 g/mol. The second-order valence-electron chi connectivity index (χ2n) is 5.20. The average molecular weight is 290 g/mol. The lowest BCUT2D eigenvalue weighted by atomic mass is 10.0. The molecule has 0 saturated carbocycles. The number of benzene rings is 3. The molecule has 1 atom stereocenters. The maximum Gasteiger partial charge on any atom is 0.113 e. The second-order valence-corrected chi connectivity index (χ2v) is 6.31. The van der Waals surface area contributed by atoms with E-state index in [-0.39, 0.29) is 0 Å². The van der Waals surface area contributed by atoms with Gasteiger partial charge in [-0.05, 0) is 39.9 Å². The summed E-state index contributed by atoms with van der Waals surface area (Å²) in [6.07, 6.45) is -0.563. The van der Waals surface area contributed by atoms with Crippen molar-refractivity contribution in [3.63, 3.8) is 0 Å². The third-order valence-corrected chi connectivity index (χ3v) is 4.97. The van der Waals surface area contributed by atoms with E-state index < -0.39 is 6.10 Å². The van der Waals surface area contributed by atoms with E-state index in [1.165, 1.54) is 15.5 Å². The fourth-order valence-electron chi connectivity index (χ4n) is 2.68. The summed E-state index contributed by atoms with van der Waals surface area (Å²) in [5.74, 6) is 0. The number of hydrogen-bond donors (Lipinski definition) is 1. The van der Waals surface area contributed by atoms with Crippen LogP contribution in [0.4, 0.5) is 0 Å². The summed E-state index contributed by atoms with van der Waals surface area (Å²) in [6, 6.07) is 24.7. The van der Waals surface area contributed by atoms with Crippen LogP contribution < -0.4 is 0 Å². The number of fused-ring (bicyclic) bond motifs is 2. The average Bonchev–Trinajstić information content (AvgIpc) is 2.97. The molecule has 0 spiro atoms. The molecule has 0 amide bonds. The fraction of sp³-hybridized carbons (Fsp3) is 0.0526. The van der Waals surface area contributed by atoms with Gasteiger partial charge in [-0.3, -0.25) is 0 Å². The van der Waals surface area contributed by atoms with Crippen molar-refractivity contribution < 1.29 is 5.11 Å². The van der Waals surface area contributed by atoms with Gasteiger partial charge in [0.15, 0.2) is 0 Å². The Morgan fingerprint density at radius 1 is 0.714 bits per heavy atom. The maximum absolute atomic E-state index is 10.7. The minimum Gasteiger partial charge on any atom is -0.383 e. The summed E-state index contributed by atoms with van der Waals surface area (Å²) in [5, 5.41) is 14.2. The van der Waals surface area contributed by atoms with Crippen molar-refractivity contribution in [2.24, 2.45) is 0 Å². The van der Waals surface area contributed by atoms with Crippen LogP contribution in [0, 0.1) is 0 Å². The van der Waals surface area contributed by atoms with Gasteiger partial charge in [-0.15, -0.1) is 11.3 Å². The highest BCUT2D eigenvalue weighted by atomic mass is 32.1. The molecule has 1 aromatic heterocycles. The smallest absolute Gasteiger partial charge is 0.113 e. The lowest BCUT2D eigenvalue weighted by Gasteiger charge is -2.10. The van der Waals surface area contributed by atoms with Crippen molar-refractivity contribution in [2.45, 2.75) is 6.10 Å². The molecule has 1 heterocycles. The molecule has 4 rings (SSSR count). The van der Waals surface area contributed by atoms with Crippen molar-refractivity contribution in [3.8, 4) is 0 Å². The first-order valence-corrected chi connectivity index (χ1v) is 7.78. The Morgan fingerprint density at radius 3 is 2.24 bits per heavy atom. The van der Waals surface area contributed by atoms with E-state index in [9.17, 15) is 5.11 Å². The van der Waals surface area contributed by atoms with Gasteiger partial charge in [0.2, 0.25) is 0 Å². The highest BCUT2D eigenvalue weighted by Gasteiger charge is 2.14. The molecule has 0 aliphatic rings. The van der Waals surface area contributed by atoms with Crippen LogP contribution in [0.3, 0.4) is 0 Å². The summed E-state index contributed by atoms with van der Waals surface area (Å²) in [5.41, 5.74) is 0.945. The summed E-state index contributed by atoms with van der Waals surface area (Å²) in [6.45, 7) is 0. The zero-order valence-electron chi connectivity index (χ0n) is 11.4. The van der Waals surface area contributed by atoms with Gasteiger partial charge >= 0.3 is 0 Å². The van der Waals surface area contributed by atoms with Crippen LogP contribution >= 0.6 is 11.3 Å². The van der Waals surface area contributed by atoms with E-state index in [0.29, 0.717) is 0 Å². The number of aliphatic hydroxyl groups is 1. The van der Waals surface area contributed by atoms with Crippen molar-refractivity contribution >= 4 is 32.2 Å². The van der Waals surface area contributed by atoms with E-state index in [4.69, 9.17) is 0 Å². The molecular formula is C19H14OS. The van der Waals surface area contributed by atoms with Crippen molar-refractivity contribution in [1.82, 2.24) is 0 Å². The number of aliphatic hydroxyl groups excluding tert-OH is 1. The van der Waals surface area contributed by atoms with Crippen LogP contribution in [-0.4, -0.2) is 5.11 Å². The van der Waals surface area contributed by atoms with E-state index in [1.54, 1.807) is 11.3 Å². The minimum absolute atomic E-state index is 0.563. The molecule has 0 aliphatic carbocycles. The zero-order valence-corrected chi connectivity index (χ0v) is 12.2. The molecule has 0 saturated heterocycles. The molecule has 0 radical (unpaired) electrons. The first-order valence-electron chi connectivity index (χ1n) is 6.96. The largest absolute Gasteiger partial charge is 0.383 e. The molecule has 0 fully saturated rings. The third-order valence-electron chi connectivity index (χ3n) is 3.80. The Bertz CT molecular complexity index is 890. The van der Waals surface area contributed by atoms with Crippen molar-refractivity contribution in [2.75, 3.05) is 0 Å². The Hall–Kier alpha value is -2.16. The second kappa shape index (κ2) is 4.99. The number of thiophene rings is 1. The molecule has 102 valence electrons. The van der Waals surface area contributed by atoms with Gasteiger partial charge in [-0.2, -0.15) is 0 Å². The van der Waals surface area contributed by atoms with E-state index in [2.05, 4.69) is 42.5 Å². The topological polar surface area (TPSA) is 20.2 Å². The summed E-state index contributed by atoms with van der Waals surface area (Å²) in [7, 11) is 0. The van der Waals surface area contributed by atoms with Gasteiger partial charge in [0.1, 0.15) is 6.10 Å². The minimum atomic E-state index is -0.563. The van der Waals surface area contributed by atoms with Crippen LogP contribution in [-0.2, 0) is 0 Å². The molecule has 1 N–H and O–H groups in total. The van der Waals surface area contributed by atoms with E-state index >= 15 is 0 Å². The Balaban J connectivity index is 1.79. The van der Waals surface area contributed by atoms with Crippen LogP contribution in [0.2, 0.25) is 0 Å². The predicted molar refractivity (Wildman–Crippen MR) is 89.8 cm³/mol. The molecule has 1 unspecified atom stereocenters. The van der Waals surface area contributed by atoms with Crippen LogP contribution in [0.5, 0.6) is 0 Å². The first kappa shape index (κ1) is 12.6. The quantitative estimate of drug-likeness (QED) is 0.542. The monoisotopic (exact) mass is 290 g/mol. The molecule has 0 bridgehead atoms. The summed E-state index contributed by atoms with van der Waals surface area (Å²) < 4.78 is 1.22. The van der Waals surface area contributed by atoms with Crippen LogP contribution in [0.25, 0.3) is 20.9 Å². The highest BCUT2D eigenvalue weighted by molar-refractivity contribution is 7.19. The van der Waals surface area contributed by atoms with Crippen molar-refractivity contribution in [3.05, 3.63) is 83.2 Å². The molecule has 0 aliphatic heterocycles.